The Morgan fingerprint density at radius 3 is 3.09 bits per heavy atom. The second kappa shape index (κ2) is 5.14. The van der Waals surface area contributed by atoms with Gasteiger partial charge in [-0.3, -0.25) is 4.79 Å². The molecule has 2 N–H and O–H groups in total. The summed E-state index contributed by atoms with van der Waals surface area (Å²) in [6.45, 7) is 3.87. The highest BCUT2D eigenvalue weighted by atomic mass is 16.5. The van der Waals surface area contributed by atoms with Crippen molar-refractivity contribution >= 4 is 28.7 Å². The lowest BCUT2D eigenvalue weighted by Crippen LogP contribution is -2.16. The zero-order valence-electron chi connectivity index (χ0n) is 13.0. The number of hydrogen-bond donors (Lipinski definition) is 2. The fourth-order valence-electron chi connectivity index (χ4n) is 3.39. The first-order valence-electron chi connectivity index (χ1n) is 7.70. The molecule has 3 atom stereocenters. The van der Waals surface area contributed by atoms with Crippen molar-refractivity contribution in [1.29, 1.82) is 0 Å². The van der Waals surface area contributed by atoms with Gasteiger partial charge in [0, 0.05) is 23.1 Å². The van der Waals surface area contributed by atoms with Crippen molar-refractivity contribution in [2.75, 3.05) is 11.9 Å². The van der Waals surface area contributed by atoms with Gasteiger partial charge < -0.3 is 19.7 Å². The van der Waals surface area contributed by atoms with Crippen molar-refractivity contribution in [2.24, 2.45) is 10.9 Å². The first kappa shape index (κ1) is 14.3. The molecule has 0 aliphatic carbocycles. The van der Waals surface area contributed by atoms with Gasteiger partial charge in [0.15, 0.2) is 0 Å². The monoisotopic (exact) mass is 314 g/mol. The normalized spacial score (nSPS) is 25.8. The van der Waals surface area contributed by atoms with Crippen molar-refractivity contribution in [3.8, 4) is 0 Å². The van der Waals surface area contributed by atoms with Gasteiger partial charge in [-0.05, 0) is 19.4 Å². The van der Waals surface area contributed by atoms with E-state index in [1.165, 1.54) is 0 Å². The molecular weight excluding hydrogens is 296 g/mol. The molecular formula is C16H18N4O3. The molecule has 4 rings (SSSR count). The summed E-state index contributed by atoms with van der Waals surface area (Å²) in [6.07, 6.45) is 3.96. The Morgan fingerprint density at radius 1 is 1.52 bits per heavy atom. The minimum absolute atomic E-state index is 0.0161. The van der Waals surface area contributed by atoms with Gasteiger partial charge in [0.1, 0.15) is 17.9 Å². The molecule has 2 aliphatic rings. The summed E-state index contributed by atoms with van der Waals surface area (Å²) in [6, 6.07) is 1.83. The lowest BCUT2D eigenvalue weighted by molar-refractivity contribution is -0.0299. The van der Waals surface area contributed by atoms with E-state index < -0.39 is 0 Å². The maximum absolute atomic E-state index is 12.0. The number of aryl methyl sites for hydroxylation is 1. The van der Waals surface area contributed by atoms with E-state index in [4.69, 9.17) is 4.74 Å². The maximum atomic E-state index is 12.0. The van der Waals surface area contributed by atoms with E-state index >= 15 is 0 Å². The van der Waals surface area contributed by atoms with Gasteiger partial charge in [0.05, 0.1) is 24.4 Å². The van der Waals surface area contributed by atoms with E-state index in [9.17, 15) is 9.90 Å². The number of aliphatic imine (C=N–C) groups is 1. The van der Waals surface area contributed by atoms with E-state index in [1.54, 1.807) is 13.3 Å². The van der Waals surface area contributed by atoms with E-state index in [-0.39, 0.29) is 30.4 Å². The summed E-state index contributed by atoms with van der Waals surface area (Å²) in [7, 11) is 0. The minimum atomic E-state index is -0.248. The second-order valence-corrected chi connectivity index (χ2v) is 6.23. The summed E-state index contributed by atoms with van der Waals surface area (Å²) in [4.78, 5) is 20.5. The van der Waals surface area contributed by atoms with Crippen LogP contribution in [-0.4, -0.2) is 33.7 Å². The van der Waals surface area contributed by atoms with Gasteiger partial charge >= 0.3 is 0 Å². The number of rotatable bonds is 2. The van der Waals surface area contributed by atoms with Crippen LogP contribution in [0.3, 0.4) is 0 Å². The lowest BCUT2D eigenvalue weighted by atomic mass is 10.1. The van der Waals surface area contributed by atoms with Crippen LogP contribution in [0.1, 0.15) is 25.1 Å². The summed E-state index contributed by atoms with van der Waals surface area (Å²) in [5, 5.41) is 14.0. The van der Waals surface area contributed by atoms with Gasteiger partial charge in [0.2, 0.25) is 0 Å². The summed E-state index contributed by atoms with van der Waals surface area (Å²) < 4.78 is 7.94. The molecule has 1 fully saturated rings. The summed E-state index contributed by atoms with van der Waals surface area (Å²) in [5.41, 5.74) is 0.338. The molecule has 0 aromatic carbocycles. The number of nitrogens with zero attached hydrogens (tertiary/aromatic N) is 3. The zero-order chi connectivity index (χ0) is 16.1. The third kappa shape index (κ3) is 2.15. The van der Waals surface area contributed by atoms with Crippen LogP contribution in [0.15, 0.2) is 22.1 Å². The van der Waals surface area contributed by atoms with Gasteiger partial charge in [-0.15, -0.1) is 0 Å². The van der Waals surface area contributed by atoms with E-state index in [1.807, 2.05) is 16.8 Å². The molecule has 0 saturated carbocycles. The van der Waals surface area contributed by atoms with Crippen LogP contribution < -0.4 is 10.9 Å². The Balaban J connectivity index is 1.94. The Morgan fingerprint density at radius 2 is 2.35 bits per heavy atom. The highest BCUT2D eigenvalue weighted by Crippen LogP contribution is 2.42. The Bertz CT molecular complexity index is 874. The topological polar surface area (TPSA) is 88.7 Å². The third-order valence-corrected chi connectivity index (χ3v) is 4.51. The molecule has 120 valence electrons. The molecule has 23 heavy (non-hydrogen) atoms. The van der Waals surface area contributed by atoms with Gasteiger partial charge in [-0.1, -0.05) is 6.92 Å². The molecule has 4 heterocycles. The van der Waals surface area contributed by atoms with E-state index in [0.29, 0.717) is 11.4 Å². The Hall–Kier alpha value is -2.25. The predicted octanol–water partition coefficient (Wildman–Crippen LogP) is 1.71. The fourth-order valence-corrected chi connectivity index (χ4v) is 3.39. The molecule has 2 aromatic heterocycles. The second-order valence-electron chi connectivity index (χ2n) is 6.23. The molecule has 0 bridgehead atoms. The van der Waals surface area contributed by atoms with Gasteiger partial charge in [-0.25, -0.2) is 4.99 Å². The first-order chi connectivity index (χ1) is 11.1. The quantitative estimate of drug-likeness (QED) is 0.881. The maximum Gasteiger partial charge on any atom is 0.274 e. The van der Waals surface area contributed by atoms with E-state index in [2.05, 4.69) is 22.2 Å². The fraction of sp³-hybridized carbons (Fsp3) is 0.438. The van der Waals surface area contributed by atoms with Crippen LogP contribution in [0.4, 0.5) is 11.6 Å². The van der Waals surface area contributed by atoms with Crippen LogP contribution >= 0.6 is 0 Å². The Kier molecular flexibility index (Phi) is 3.21. The molecule has 1 unspecified atom stereocenters. The average molecular weight is 314 g/mol. The minimum Gasteiger partial charge on any atom is -0.394 e. The van der Waals surface area contributed by atoms with Crippen molar-refractivity contribution in [3.63, 3.8) is 0 Å². The number of hydrogen-bond acceptors (Lipinski definition) is 6. The molecule has 0 spiro atoms. The van der Waals surface area contributed by atoms with E-state index in [0.717, 1.165) is 23.0 Å². The summed E-state index contributed by atoms with van der Waals surface area (Å²) >= 11 is 0. The standard InChI is InChI=1S/C16H18N4O3/c1-8-3-10-5-20(16-9(2)4-11(6-21)23-16)14-12(10)13(17-7-18-14)19-15(8)22/h3,5,7,9,11,16,21H,4,6H2,1-2H3,(H,17,18,19,22)/t9-,11-,16?/m0/s1. The molecule has 0 amide bonds. The number of ether oxygens (including phenoxy) is 1. The molecule has 7 heteroatoms. The van der Waals surface area contributed by atoms with Crippen LogP contribution in [-0.2, 0) is 4.74 Å². The van der Waals surface area contributed by atoms with Crippen LogP contribution in [0.25, 0.3) is 10.8 Å². The third-order valence-electron chi connectivity index (χ3n) is 4.51. The van der Waals surface area contributed by atoms with Crippen molar-refractivity contribution in [2.45, 2.75) is 32.6 Å². The number of anilines is 1. The van der Waals surface area contributed by atoms with Crippen molar-refractivity contribution in [3.05, 3.63) is 28.2 Å². The van der Waals surface area contributed by atoms with Crippen LogP contribution in [0, 0.1) is 12.8 Å². The molecule has 2 aliphatic heterocycles. The highest BCUT2D eigenvalue weighted by Gasteiger charge is 2.35. The summed E-state index contributed by atoms with van der Waals surface area (Å²) in [5.74, 6) is 1.51. The lowest BCUT2D eigenvalue weighted by Gasteiger charge is -2.19. The SMILES string of the molecule is Cc1cc2cn(C3O[C@H](CO)C[C@@H]3C)c3c2c(nc1=O)NC=N3. The van der Waals surface area contributed by atoms with Crippen molar-refractivity contribution < 1.29 is 9.84 Å². The predicted molar refractivity (Wildman–Crippen MR) is 87.3 cm³/mol. The van der Waals surface area contributed by atoms with Gasteiger partial charge in [0.25, 0.3) is 5.56 Å². The molecule has 1 saturated heterocycles. The van der Waals surface area contributed by atoms with Crippen molar-refractivity contribution in [1.82, 2.24) is 9.55 Å². The number of aromatic nitrogens is 2. The zero-order valence-corrected chi connectivity index (χ0v) is 13.0. The van der Waals surface area contributed by atoms with Crippen LogP contribution in [0.2, 0.25) is 0 Å². The largest absolute Gasteiger partial charge is 0.394 e. The molecule has 0 radical (unpaired) electrons. The Labute approximate surface area is 132 Å². The average Bonchev–Trinajstić information content (AvgIpc) is 3.05. The molecule has 7 nitrogen and oxygen atoms in total. The van der Waals surface area contributed by atoms with Gasteiger partial charge in [-0.2, -0.15) is 4.98 Å². The number of aliphatic hydroxyl groups is 1. The first-order valence-corrected chi connectivity index (χ1v) is 7.70. The highest BCUT2D eigenvalue weighted by molar-refractivity contribution is 6.06. The smallest absolute Gasteiger partial charge is 0.274 e. The molecule has 2 aromatic rings. The number of nitrogens with one attached hydrogen (secondary N) is 1. The van der Waals surface area contributed by atoms with Crippen LogP contribution in [0.5, 0.6) is 0 Å². The number of aliphatic hydroxyl groups excluding tert-OH is 1.